The summed E-state index contributed by atoms with van der Waals surface area (Å²) in [6.45, 7) is 1.00. The fourth-order valence-electron chi connectivity index (χ4n) is 2.35. The average molecular weight is 409 g/mol. The molecule has 2 aromatic carbocycles. The number of nitrogens with one attached hydrogen (secondary N) is 1. The molecule has 0 amide bonds. The standard InChI is InChI=1S/C18H13F2NO6S/c1-10(22)26-17-15(23)16(13-9-11(19)7-8-14(13)20)27-18(17)21-28(24,25)12-5-3-2-4-6-12/h2-9,21,23H,1H3. The van der Waals surface area contributed by atoms with Gasteiger partial charge in [-0.15, -0.1) is 0 Å². The molecule has 3 rings (SSSR count). The van der Waals surface area contributed by atoms with Crippen LogP contribution < -0.4 is 9.46 Å². The molecule has 0 aliphatic carbocycles. The van der Waals surface area contributed by atoms with Crippen LogP contribution in [0.25, 0.3) is 11.3 Å². The van der Waals surface area contributed by atoms with Crippen molar-refractivity contribution in [2.45, 2.75) is 11.8 Å². The Bertz CT molecular complexity index is 1140. The van der Waals surface area contributed by atoms with Crippen molar-refractivity contribution in [3.05, 3.63) is 60.2 Å². The Morgan fingerprint density at radius 1 is 1.14 bits per heavy atom. The zero-order valence-corrected chi connectivity index (χ0v) is 15.1. The minimum absolute atomic E-state index is 0.141. The van der Waals surface area contributed by atoms with E-state index in [1.165, 1.54) is 24.3 Å². The molecule has 0 aliphatic rings. The number of hydrogen-bond donors (Lipinski definition) is 2. The van der Waals surface area contributed by atoms with Crippen LogP contribution in [0.3, 0.4) is 0 Å². The van der Waals surface area contributed by atoms with Gasteiger partial charge in [-0.25, -0.2) is 21.9 Å². The fraction of sp³-hybridized carbons (Fsp3) is 0.0556. The normalized spacial score (nSPS) is 11.2. The zero-order chi connectivity index (χ0) is 20.5. The molecule has 0 radical (unpaired) electrons. The van der Waals surface area contributed by atoms with Crippen LogP contribution in [-0.4, -0.2) is 19.5 Å². The summed E-state index contributed by atoms with van der Waals surface area (Å²) < 4.78 is 64.6. The monoisotopic (exact) mass is 409 g/mol. The minimum Gasteiger partial charge on any atom is -0.502 e. The second kappa shape index (κ2) is 7.31. The number of carbonyl (C=O) groups is 1. The fourth-order valence-corrected chi connectivity index (χ4v) is 3.36. The molecule has 3 aromatic rings. The van der Waals surface area contributed by atoms with Gasteiger partial charge in [0.15, 0.2) is 5.76 Å². The van der Waals surface area contributed by atoms with Gasteiger partial charge in [-0.3, -0.25) is 4.79 Å². The van der Waals surface area contributed by atoms with Crippen LogP contribution in [0.4, 0.5) is 14.7 Å². The summed E-state index contributed by atoms with van der Waals surface area (Å²) in [5.74, 6) is -5.50. The zero-order valence-electron chi connectivity index (χ0n) is 14.3. The lowest BCUT2D eigenvalue weighted by Crippen LogP contribution is -2.13. The Labute approximate surface area is 158 Å². The minimum atomic E-state index is -4.19. The molecule has 0 aliphatic heterocycles. The van der Waals surface area contributed by atoms with Gasteiger partial charge < -0.3 is 14.3 Å². The predicted molar refractivity (Wildman–Crippen MR) is 94.3 cm³/mol. The third-order valence-electron chi connectivity index (χ3n) is 3.54. The molecule has 2 N–H and O–H groups in total. The largest absolute Gasteiger partial charge is 0.502 e. The molecular formula is C18H13F2NO6S. The summed E-state index contributed by atoms with van der Waals surface area (Å²) in [7, 11) is -4.19. The maximum Gasteiger partial charge on any atom is 0.308 e. The van der Waals surface area contributed by atoms with Crippen LogP contribution in [0.2, 0.25) is 0 Å². The number of carbonyl (C=O) groups excluding carboxylic acids is 1. The Hall–Kier alpha value is -3.40. The van der Waals surface area contributed by atoms with E-state index in [1.807, 2.05) is 4.72 Å². The Kier molecular flexibility index (Phi) is 5.06. The number of furan rings is 1. The van der Waals surface area contributed by atoms with Gasteiger partial charge in [-0.1, -0.05) is 18.2 Å². The van der Waals surface area contributed by atoms with E-state index >= 15 is 0 Å². The van der Waals surface area contributed by atoms with Crippen LogP contribution in [0.15, 0.2) is 57.8 Å². The van der Waals surface area contributed by atoms with Gasteiger partial charge in [0, 0.05) is 6.92 Å². The summed E-state index contributed by atoms with van der Waals surface area (Å²) in [5.41, 5.74) is -0.490. The smallest absolute Gasteiger partial charge is 0.308 e. The highest BCUT2D eigenvalue weighted by Crippen LogP contribution is 2.47. The van der Waals surface area contributed by atoms with Crippen molar-refractivity contribution >= 4 is 21.9 Å². The first kappa shape index (κ1) is 19.4. The van der Waals surface area contributed by atoms with Crippen molar-refractivity contribution in [2.24, 2.45) is 0 Å². The molecule has 0 atom stereocenters. The maximum atomic E-state index is 14.1. The molecule has 10 heteroatoms. The topological polar surface area (TPSA) is 106 Å². The van der Waals surface area contributed by atoms with E-state index < -0.39 is 56.3 Å². The third-order valence-corrected chi connectivity index (χ3v) is 4.89. The van der Waals surface area contributed by atoms with Crippen LogP contribution in [0, 0.1) is 11.6 Å². The third kappa shape index (κ3) is 3.81. The Morgan fingerprint density at radius 2 is 1.82 bits per heavy atom. The molecule has 0 saturated heterocycles. The number of halogens is 2. The molecule has 146 valence electrons. The van der Waals surface area contributed by atoms with Gasteiger partial charge >= 0.3 is 5.97 Å². The van der Waals surface area contributed by atoms with Gasteiger partial charge in [0.2, 0.25) is 11.5 Å². The lowest BCUT2D eigenvalue weighted by molar-refractivity contribution is -0.131. The molecule has 1 heterocycles. The maximum absolute atomic E-state index is 14.1. The highest BCUT2D eigenvalue weighted by molar-refractivity contribution is 7.92. The van der Waals surface area contributed by atoms with Crippen LogP contribution in [-0.2, 0) is 14.8 Å². The first-order valence-electron chi connectivity index (χ1n) is 7.76. The number of sulfonamides is 1. The van der Waals surface area contributed by atoms with Crippen LogP contribution >= 0.6 is 0 Å². The van der Waals surface area contributed by atoms with Crippen molar-refractivity contribution in [2.75, 3.05) is 4.72 Å². The molecule has 1 aromatic heterocycles. The number of esters is 1. The summed E-state index contributed by atoms with van der Waals surface area (Å²) >= 11 is 0. The highest BCUT2D eigenvalue weighted by atomic mass is 32.2. The van der Waals surface area contributed by atoms with Gasteiger partial charge in [0.05, 0.1) is 10.5 Å². The summed E-state index contributed by atoms with van der Waals surface area (Å²) in [6, 6.07) is 9.54. The summed E-state index contributed by atoms with van der Waals surface area (Å²) in [6.07, 6.45) is 0. The van der Waals surface area contributed by atoms with Gasteiger partial charge in [0.1, 0.15) is 11.6 Å². The highest BCUT2D eigenvalue weighted by Gasteiger charge is 2.29. The SMILES string of the molecule is CC(=O)Oc1c(NS(=O)(=O)c2ccccc2)oc(-c2cc(F)ccc2F)c1O. The molecule has 0 spiro atoms. The summed E-state index contributed by atoms with van der Waals surface area (Å²) in [4.78, 5) is 11.2. The lowest BCUT2D eigenvalue weighted by Gasteiger charge is -2.07. The van der Waals surface area contributed by atoms with Gasteiger partial charge in [-0.2, -0.15) is 0 Å². The van der Waals surface area contributed by atoms with Crippen LogP contribution in [0.5, 0.6) is 11.5 Å². The van der Waals surface area contributed by atoms with E-state index in [0.29, 0.717) is 0 Å². The quantitative estimate of drug-likeness (QED) is 0.623. The second-order valence-electron chi connectivity index (χ2n) is 5.57. The number of hydrogen-bond acceptors (Lipinski definition) is 6. The number of rotatable bonds is 5. The first-order valence-corrected chi connectivity index (χ1v) is 9.25. The van der Waals surface area contributed by atoms with E-state index in [0.717, 1.165) is 25.1 Å². The number of aromatic hydroxyl groups is 1. The molecule has 28 heavy (non-hydrogen) atoms. The average Bonchev–Trinajstić information content (AvgIpc) is 2.93. The van der Waals surface area contributed by atoms with E-state index in [9.17, 15) is 27.1 Å². The van der Waals surface area contributed by atoms with Gasteiger partial charge in [-0.05, 0) is 30.3 Å². The molecule has 0 bridgehead atoms. The number of ether oxygens (including phenoxy) is 1. The molecule has 0 unspecified atom stereocenters. The number of anilines is 1. The second-order valence-corrected chi connectivity index (χ2v) is 7.26. The molecule has 0 saturated carbocycles. The van der Waals surface area contributed by atoms with Gasteiger partial charge in [0.25, 0.3) is 15.9 Å². The Balaban J connectivity index is 2.13. The summed E-state index contributed by atoms with van der Waals surface area (Å²) in [5, 5.41) is 10.3. The van der Waals surface area contributed by atoms with Crippen molar-refractivity contribution in [1.82, 2.24) is 0 Å². The van der Waals surface area contributed by atoms with E-state index in [1.54, 1.807) is 6.07 Å². The Morgan fingerprint density at radius 3 is 2.46 bits per heavy atom. The van der Waals surface area contributed by atoms with Crippen molar-refractivity contribution in [3.8, 4) is 22.8 Å². The number of benzene rings is 2. The van der Waals surface area contributed by atoms with Crippen molar-refractivity contribution in [1.29, 1.82) is 0 Å². The van der Waals surface area contributed by atoms with Crippen molar-refractivity contribution in [3.63, 3.8) is 0 Å². The molecular weight excluding hydrogens is 396 g/mol. The van der Waals surface area contributed by atoms with E-state index in [4.69, 9.17) is 9.15 Å². The van der Waals surface area contributed by atoms with Crippen LogP contribution in [0.1, 0.15) is 6.92 Å². The van der Waals surface area contributed by atoms with Crippen molar-refractivity contribution < 1.29 is 36.3 Å². The van der Waals surface area contributed by atoms with E-state index in [-0.39, 0.29) is 4.90 Å². The predicted octanol–water partition coefficient (Wildman–Crippen LogP) is 3.66. The van der Waals surface area contributed by atoms with E-state index in [2.05, 4.69) is 0 Å². The molecule has 7 nitrogen and oxygen atoms in total. The lowest BCUT2D eigenvalue weighted by atomic mass is 10.1. The molecule has 0 fully saturated rings. The first-order chi connectivity index (χ1) is 13.2.